The van der Waals surface area contributed by atoms with Gasteiger partial charge < -0.3 is 14.8 Å². The van der Waals surface area contributed by atoms with Crippen LogP contribution in [0.1, 0.15) is 86.7 Å². The van der Waals surface area contributed by atoms with Gasteiger partial charge in [0.15, 0.2) is 0 Å². The predicted molar refractivity (Wildman–Crippen MR) is 145 cm³/mol. The molecular weight excluding hydrogens is 468 g/mol. The highest BCUT2D eigenvalue weighted by atomic mass is 16.5. The molecule has 0 aliphatic carbocycles. The lowest BCUT2D eigenvalue weighted by Gasteiger charge is -2.37. The number of anilines is 1. The van der Waals surface area contributed by atoms with E-state index < -0.39 is 11.5 Å². The Hall–Kier alpha value is -3.35. The highest BCUT2D eigenvalue weighted by molar-refractivity contribution is 6.14. The van der Waals surface area contributed by atoms with Gasteiger partial charge in [0.2, 0.25) is 0 Å². The van der Waals surface area contributed by atoms with Crippen molar-refractivity contribution in [3.8, 4) is 5.75 Å². The summed E-state index contributed by atoms with van der Waals surface area (Å²) in [6, 6.07) is 10.6. The van der Waals surface area contributed by atoms with Gasteiger partial charge in [-0.3, -0.25) is 14.5 Å². The Bertz CT molecular complexity index is 1190. The fourth-order valence-electron chi connectivity index (χ4n) is 5.28. The van der Waals surface area contributed by atoms with Gasteiger partial charge in [-0.1, -0.05) is 46.8 Å². The maximum Gasteiger partial charge on any atom is 0.332 e. The van der Waals surface area contributed by atoms with Crippen LogP contribution in [0.5, 0.6) is 5.75 Å². The molecule has 0 saturated carbocycles. The van der Waals surface area contributed by atoms with Crippen LogP contribution in [0.15, 0.2) is 36.4 Å². The fraction of sp³-hybridized carbons (Fsp3) is 0.500. The highest BCUT2D eigenvalue weighted by Gasteiger charge is 2.54. The van der Waals surface area contributed by atoms with E-state index in [1.807, 2.05) is 33.8 Å². The standard InChI is InChI=1S/C30H40N2O5/c1-18(2)16-30(28(35)37-9)17-22-21(26(33)31-19(3)4)11-10-12-24(22)32(30)27(34)20-13-14-23(29(5,6)7)25(15-20)36-8/h10-15,18-19H,16-17H2,1-9H3,(H,31,33). The molecule has 0 bridgehead atoms. The maximum atomic E-state index is 14.3. The number of ether oxygens (including phenoxy) is 2. The van der Waals surface area contributed by atoms with Gasteiger partial charge in [-0.15, -0.1) is 0 Å². The zero-order chi connectivity index (χ0) is 27.7. The Morgan fingerprint density at radius 2 is 1.73 bits per heavy atom. The molecule has 2 amide bonds. The predicted octanol–water partition coefficient (Wildman–Crippen LogP) is 5.29. The summed E-state index contributed by atoms with van der Waals surface area (Å²) in [6.45, 7) is 14.0. The molecule has 0 radical (unpaired) electrons. The van der Waals surface area contributed by atoms with E-state index >= 15 is 0 Å². The smallest absolute Gasteiger partial charge is 0.332 e. The van der Waals surface area contributed by atoms with E-state index in [1.165, 1.54) is 7.11 Å². The number of benzene rings is 2. The largest absolute Gasteiger partial charge is 0.496 e. The number of hydrogen-bond acceptors (Lipinski definition) is 5. The van der Waals surface area contributed by atoms with E-state index in [9.17, 15) is 14.4 Å². The normalized spacial score (nSPS) is 17.1. The number of carbonyl (C=O) groups excluding carboxylic acids is 3. The van der Waals surface area contributed by atoms with Gasteiger partial charge >= 0.3 is 5.97 Å². The minimum Gasteiger partial charge on any atom is -0.496 e. The summed E-state index contributed by atoms with van der Waals surface area (Å²) >= 11 is 0. The maximum absolute atomic E-state index is 14.3. The monoisotopic (exact) mass is 508 g/mol. The van der Waals surface area contributed by atoms with Crippen LogP contribution in [0.4, 0.5) is 5.69 Å². The molecule has 200 valence electrons. The summed E-state index contributed by atoms with van der Waals surface area (Å²) in [5, 5.41) is 2.94. The molecule has 3 rings (SSSR count). The van der Waals surface area contributed by atoms with Crippen molar-refractivity contribution in [3.63, 3.8) is 0 Å². The fourth-order valence-corrected chi connectivity index (χ4v) is 5.28. The van der Waals surface area contributed by atoms with Crippen molar-refractivity contribution >= 4 is 23.5 Å². The molecular formula is C30H40N2O5. The molecule has 7 nitrogen and oxygen atoms in total. The molecule has 1 N–H and O–H groups in total. The number of rotatable bonds is 7. The number of nitrogens with one attached hydrogen (secondary N) is 1. The van der Waals surface area contributed by atoms with Gasteiger partial charge in [0.05, 0.1) is 14.2 Å². The molecule has 2 aromatic carbocycles. The molecule has 0 spiro atoms. The zero-order valence-corrected chi connectivity index (χ0v) is 23.5. The third-order valence-corrected chi connectivity index (χ3v) is 6.72. The molecule has 0 saturated heterocycles. The first-order valence-electron chi connectivity index (χ1n) is 12.8. The summed E-state index contributed by atoms with van der Waals surface area (Å²) in [7, 11) is 2.92. The second-order valence-corrected chi connectivity index (χ2v) is 11.5. The van der Waals surface area contributed by atoms with Crippen molar-refractivity contribution in [3.05, 3.63) is 58.7 Å². The highest BCUT2D eigenvalue weighted by Crippen LogP contribution is 2.46. The summed E-state index contributed by atoms with van der Waals surface area (Å²) in [6.07, 6.45) is 0.570. The number of nitrogens with zero attached hydrogens (tertiary/aromatic N) is 1. The number of methoxy groups -OCH3 is 2. The van der Waals surface area contributed by atoms with Crippen LogP contribution in [0.2, 0.25) is 0 Å². The first kappa shape index (κ1) is 28.2. The topological polar surface area (TPSA) is 84.9 Å². The van der Waals surface area contributed by atoms with Crippen molar-refractivity contribution in [1.82, 2.24) is 5.32 Å². The van der Waals surface area contributed by atoms with Crippen molar-refractivity contribution in [1.29, 1.82) is 0 Å². The van der Waals surface area contributed by atoms with Gasteiger partial charge in [0.25, 0.3) is 11.8 Å². The Kier molecular flexibility index (Phi) is 8.06. The number of fused-ring (bicyclic) bond motifs is 1. The van der Waals surface area contributed by atoms with Crippen LogP contribution in [0.3, 0.4) is 0 Å². The van der Waals surface area contributed by atoms with E-state index in [-0.39, 0.29) is 35.6 Å². The van der Waals surface area contributed by atoms with E-state index in [0.717, 1.165) is 5.56 Å². The van der Waals surface area contributed by atoms with Crippen LogP contribution in [-0.4, -0.2) is 43.6 Å². The van der Waals surface area contributed by atoms with E-state index in [1.54, 1.807) is 42.3 Å². The molecule has 1 atom stereocenters. The number of esters is 1. The average molecular weight is 509 g/mol. The van der Waals surface area contributed by atoms with Crippen LogP contribution in [0.25, 0.3) is 0 Å². The number of hydrogen-bond donors (Lipinski definition) is 1. The Labute approximate surface area is 220 Å². The Balaban J connectivity index is 2.25. The molecule has 7 heteroatoms. The quantitative estimate of drug-likeness (QED) is 0.514. The van der Waals surface area contributed by atoms with Crippen molar-refractivity contribution in [2.24, 2.45) is 5.92 Å². The first-order chi connectivity index (χ1) is 17.3. The molecule has 1 aliphatic rings. The lowest BCUT2D eigenvalue weighted by Crippen LogP contribution is -2.57. The van der Waals surface area contributed by atoms with E-state index in [2.05, 4.69) is 26.1 Å². The molecule has 2 aromatic rings. The number of amides is 2. The molecule has 1 aliphatic heterocycles. The van der Waals surface area contributed by atoms with Crippen LogP contribution in [0, 0.1) is 5.92 Å². The molecule has 0 aromatic heterocycles. The third kappa shape index (κ3) is 5.36. The van der Waals surface area contributed by atoms with Crippen molar-refractivity contribution in [2.45, 2.75) is 78.3 Å². The van der Waals surface area contributed by atoms with Gasteiger partial charge in [0, 0.05) is 29.3 Å². The van der Waals surface area contributed by atoms with E-state index in [0.29, 0.717) is 34.5 Å². The van der Waals surface area contributed by atoms with Crippen LogP contribution >= 0.6 is 0 Å². The summed E-state index contributed by atoms with van der Waals surface area (Å²) in [5.41, 5.74) is 1.57. The second kappa shape index (κ2) is 10.6. The lowest BCUT2D eigenvalue weighted by molar-refractivity contribution is -0.147. The minimum atomic E-state index is -1.29. The molecule has 0 fully saturated rings. The SMILES string of the molecule is COC(=O)C1(CC(C)C)Cc2c(C(=O)NC(C)C)cccc2N1C(=O)c1ccc(C(C)(C)C)c(OC)c1. The molecule has 1 unspecified atom stereocenters. The first-order valence-corrected chi connectivity index (χ1v) is 12.8. The van der Waals surface area contributed by atoms with Gasteiger partial charge in [0.1, 0.15) is 11.3 Å². The lowest BCUT2D eigenvalue weighted by atomic mass is 9.83. The van der Waals surface area contributed by atoms with Gasteiger partial charge in [-0.25, -0.2) is 4.79 Å². The van der Waals surface area contributed by atoms with E-state index in [4.69, 9.17) is 9.47 Å². The Morgan fingerprint density at radius 3 is 2.27 bits per heavy atom. The van der Waals surface area contributed by atoms with Crippen LogP contribution in [-0.2, 0) is 21.4 Å². The van der Waals surface area contributed by atoms with Gasteiger partial charge in [-0.05, 0) is 67.0 Å². The molecule has 1 heterocycles. The van der Waals surface area contributed by atoms with Gasteiger partial charge in [-0.2, -0.15) is 0 Å². The zero-order valence-electron chi connectivity index (χ0n) is 23.5. The molecule has 37 heavy (non-hydrogen) atoms. The third-order valence-electron chi connectivity index (χ3n) is 6.72. The second-order valence-electron chi connectivity index (χ2n) is 11.5. The van der Waals surface area contributed by atoms with Crippen molar-refractivity contribution in [2.75, 3.05) is 19.1 Å². The summed E-state index contributed by atoms with van der Waals surface area (Å²) < 4.78 is 11.0. The number of carbonyl (C=O) groups is 3. The van der Waals surface area contributed by atoms with Crippen molar-refractivity contribution < 1.29 is 23.9 Å². The minimum absolute atomic E-state index is 0.0580. The average Bonchev–Trinajstić information content (AvgIpc) is 3.15. The van der Waals surface area contributed by atoms with Crippen LogP contribution < -0.4 is 15.0 Å². The Morgan fingerprint density at radius 1 is 1.05 bits per heavy atom. The summed E-state index contributed by atoms with van der Waals surface area (Å²) in [5.74, 6) is -0.394. The summed E-state index contributed by atoms with van der Waals surface area (Å²) in [4.78, 5) is 42.4.